The van der Waals surface area contributed by atoms with Crippen LogP contribution in [0.3, 0.4) is 0 Å². The lowest BCUT2D eigenvalue weighted by atomic mass is 10.1. The Bertz CT molecular complexity index is 1410. The molecule has 0 amide bonds. The van der Waals surface area contributed by atoms with Crippen molar-refractivity contribution in [1.29, 1.82) is 0 Å². The Kier molecular flexibility index (Phi) is 4.77. The monoisotopic (exact) mass is 407 g/mol. The lowest BCUT2D eigenvalue weighted by Gasteiger charge is -2.18. The predicted octanol–water partition coefficient (Wildman–Crippen LogP) is 5.94. The van der Waals surface area contributed by atoms with Crippen molar-refractivity contribution in [1.82, 2.24) is 9.55 Å². The number of benzene rings is 3. The van der Waals surface area contributed by atoms with Gasteiger partial charge >= 0.3 is 0 Å². The highest BCUT2D eigenvalue weighted by atomic mass is 19.1. The van der Waals surface area contributed by atoms with Crippen LogP contribution in [-0.4, -0.2) is 9.55 Å². The Morgan fingerprint density at radius 3 is 2.16 bits per heavy atom. The number of hydrogen-bond acceptors (Lipinski definition) is 3. The molecule has 0 saturated carbocycles. The molecule has 5 aromatic rings. The van der Waals surface area contributed by atoms with Gasteiger partial charge in [-0.2, -0.15) is 0 Å². The molecule has 0 radical (unpaired) electrons. The van der Waals surface area contributed by atoms with Crippen molar-refractivity contribution in [2.45, 2.75) is 0 Å². The fourth-order valence-corrected chi connectivity index (χ4v) is 3.57. The van der Waals surface area contributed by atoms with Gasteiger partial charge in [0, 0.05) is 23.0 Å². The third-order valence-electron chi connectivity index (χ3n) is 5.06. The molecule has 0 saturated heterocycles. The summed E-state index contributed by atoms with van der Waals surface area (Å²) in [4.78, 5) is 17.7. The van der Waals surface area contributed by atoms with E-state index >= 15 is 0 Å². The number of halogens is 1. The van der Waals surface area contributed by atoms with Crippen LogP contribution in [0.4, 0.5) is 15.9 Å². The first kappa shape index (κ1) is 18.8. The average molecular weight is 407 g/mol. The molecule has 5 heteroatoms. The van der Waals surface area contributed by atoms with Crippen molar-refractivity contribution in [2.75, 3.05) is 5.32 Å². The maximum Gasteiger partial charge on any atom is 0.193 e. The van der Waals surface area contributed by atoms with Crippen LogP contribution >= 0.6 is 0 Å². The molecule has 3 aromatic carbocycles. The fraction of sp³-hybridized carbons (Fsp3) is 0. The van der Waals surface area contributed by atoms with Crippen molar-refractivity contribution in [3.63, 3.8) is 0 Å². The average Bonchev–Trinajstić information content (AvgIpc) is 2.81. The second-order valence-corrected chi connectivity index (χ2v) is 7.13. The van der Waals surface area contributed by atoms with E-state index in [1.54, 1.807) is 30.3 Å². The molecule has 4 nitrogen and oxygen atoms in total. The molecule has 150 valence electrons. The summed E-state index contributed by atoms with van der Waals surface area (Å²) in [6.45, 7) is 0. The Balaban J connectivity index is 1.78. The molecule has 0 atom stereocenters. The minimum absolute atomic E-state index is 0.126. The number of pyridine rings is 2. The van der Waals surface area contributed by atoms with Crippen molar-refractivity contribution in [2.24, 2.45) is 0 Å². The molecule has 0 aliphatic rings. The van der Waals surface area contributed by atoms with E-state index in [0.717, 1.165) is 16.9 Å². The Labute approximate surface area is 178 Å². The molecule has 0 aliphatic carbocycles. The third-order valence-corrected chi connectivity index (χ3v) is 5.06. The van der Waals surface area contributed by atoms with Gasteiger partial charge in [-0.1, -0.05) is 36.4 Å². The maximum absolute atomic E-state index is 13.4. The normalized spacial score (nSPS) is 10.9. The van der Waals surface area contributed by atoms with E-state index in [9.17, 15) is 9.18 Å². The standard InChI is InChI=1S/C26H18FN3O/c27-19-13-11-18(12-14-19)23-16-15-22-24(31)17-25(28-20-7-3-1-4-8-20)30(26(22)29-23)21-9-5-2-6-10-21/h1-17,28H. The summed E-state index contributed by atoms with van der Waals surface area (Å²) < 4.78 is 15.3. The van der Waals surface area contributed by atoms with Crippen LogP contribution in [0, 0.1) is 5.82 Å². The summed E-state index contributed by atoms with van der Waals surface area (Å²) in [5.41, 5.74) is 3.57. The van der Waals surface area contributed by atoms with E-state index in [-0.39, 0.29) is 11.2 Å². The molecule has 0 unspecified atom stereocenters. The molecule has 31 heavy (non-hydrogen) atoms. The first-order chi connectivity index (χ1) is 15.2. The summed E-state index contributed by atoms with van der Waals surface area (Å²) >= 11 is 0. The second kappa shape index (κ2) is 7.88. The van der Waals surface area contributed by atoms with Gasteiger partial charge < -0.3 is 5.32 Å². The predicted molar refractivity (Wildman–Crippen MR) is 122 cm³/mol. The number of anilines is 2. The van der Waals surface area contributed by atoms with E-state index in [1.807, 2.05) is 65.2 Å². The number of para-hydroxylation sites is 2. The van der Waals surface area contributed by atoms with Crippen LogP contribution in [0.5, 0.6) is 0 Å². The van der Waals surface area contributed by atoms with Crippen molar-refractivity contribution in [3.05, 3.63) is 119 Å². The summed E-state index contributed by atoms with van der Waals surface area (Å²) in [5, 5.41) is 3.85. The highest BCUT2D eigenvalue weighted by molar-refractivity contribution is 5.83. The molecule has 1 N–H and O–H groups in total. The molecule has 0 aliphatic heterocycles. The summed E-state index contributed by atoms with van der Waals surface area (Å²) in [6, 6.07) is 30.7. The lowest BCUT2D eigenvalue weighted by molar-refractivity contribution is 0.628. The zero-order valence-corrected chi connectivity index (χ0v) is 16.5. The second-order valence-electron chi connectivity index (χ2n) is 7.13. The molecular formula is C26H18FN3O. The zero-order valence-electron chi connectivity index (χ0n) is 16.5. The molecule has 0 spiro atoms. The SMILES string of the molecule is O=c1cc(Nc2ccccc2)n(-c2ccccc2)c2nc(-c3ccc(F)cc3)ccc12. The van der Waals surface area contributed by atoms with Crippen LogP contribution in [-0.2, 0) is 0 Å². The first-order valence-electron chi connectivity index (χ1n) is 9.89. The van der Waals surface area contributed by atoms with Crippen LogP contribution in [0.1, 0.15) is 0 Å². The molecule has 0 bridgehead atoms. The minimum Gasteiger partial charge on any atom is -0.341 e. The smallest absolute Gasteiger partial charge is 0.193 e. The molecule has 0 fully saturated rings. The number of aromatic nitrogens is 2. The summed E-state index contributed by atoms with van der Waals surface area (Å²) in [7, 11) is 0. The Morgan fingerprint density at radius 1 is 0.774 bits per heavy atom. The highest BCUT2D eigenvalue weighted by Gasteiger charge is 2.14. The van der Waals surface area contributed by atoms with Gasteiger partial charge in [-0.15, -0.1) is 0 Å². The van der Waals surface area contributed by atoms with Crippen LogP contribution in [0.2, 0.25) is 0 Å². The molecule has 2 aromatic heterocycles. The maximum atomic E-state index is 13.4. The fourth-order valence-electron chi connectivity index (χ4n) is 3.57. The Hall–Kier alpha value is -4.25. The van der Waals surface area contributed by atoms with Crippen molar-refractivity contribution in [3.8, 4) is 16.9 Å². The van der Waals surface area contributed by atoms with Gasteiger partial charge in [0.25, 0.3) is 0 Å². The topological polar surface area (TPSA) is 46.9 Å². The van der Waals surface area contributed by atoms with E-state index < -0.39 is 0 Å². The summed E-state index contributed by atoms with van der Waals surface area (Å²) in [6.07, 6.45) is 0. The molecule has 5 rings (SSSR count). The third kappa shape index (κ3) is 3.69. The van der Waals surface area contributed by atoms with Crippen molar-refractivity contribution >= 4 is 22.5 Å². The van der Waals surface area contributed by atoms with E-state index in [1.165, 1.54) is 12.1 Å². The van der Waals surface area contributed by atoms with Gasteiger partial charge in [-0.3, -0.25) is 9.36 Å². The largest absolute Gasteiger partial charge is 0.341 e. The van der Waals surface area contributed by atoms with Crippen LogP contribution in [0.25, 0.3) is 28.0 Å². The summed E-state index contributed by atoms with van der Waals surface area (Å²) in [5.74, 6) is 0.304. The van der Waals surface area contributed by atoms with E-state index in [0.29, 0.717) is 22.5 Å². The van der Waals surface area contributed by atoms with Gasteiger partial charge in [-0.05, 0) is 60.7 Å². The van der Waals surface area contributed by atoms with Crippen LogP contribution in [0.15, 0.2) is 108 Å². The van der Waals surface area contributed by atoms with Gasteiger partial charge in [-0.25, -0.2) is 9.37 Å². The van der Waals surface area contributed by atoms with Gasteiger partial charge in [0.1, 0.15) is 11.6 Å². The number of rotatable bonds is 4. The van der Waals surface area contributed by atoms with Crippen LogP contribution < -0.4 is 10.7 Å². The number of nitrogens with one attached hydrogen (secondary N) is 1. The molecular weight excluding hydrogens is 389 g/mol. The van der Waals surface area contributed by atoms with Gasteiger partial charge in [0.05, 0.1) is 11.1 Å². The van der Waals surface area contributed by atoms with E-state index in [2.05, 4.69) is 5.32 Å². The zero-order chi connectivity index (χ0) is 21.2. The quantitative estimate of drug-likeness (QED) is 0.401. The number of hydrogen-bond donors (Lipinski definition) is 1. The van der Waals surface area contributed by atoms with E-state index in [4.69, 9.17) is 4.98 Å². The van der Waals surface area contributed by atoms with Gasteiger partial charge in [0.15, 0.2) is 11.1 Å². The number of fused-ring (bicyclic) bond motifs is 1. The highest BCUT2D eigenvalue weighted by Crippen LogP contribution is 2.26. The minimum atomic E-state index is -0.305. The van der Waals surface area contributed by atoms with Crippen molar-refractivity contribution < 1.29 is 4.39 Å². The Morgan fingerprint density at radius 2 is 1.45 bits per heavy atom. The molecule has 2 heterocycles. The number of nitrogens with zero attached hydrogens (tertiary/aromatic N) is 2. The first-order valence-corrected chi connectivity index (χ1v) is 9.89. The lowest BCUT2D eigenvalue weighted by Crippen LogP contribution is -2.13. The van der Waals surface area contributed by atoms with Gasteiger partial charge in [0.2, 0.25) is 0 Å².